The zero-order chi connectivity index (χ0) is 8.97. The fourth-order valence-electron chi connectivity index (χ4n) is 1.36. The Morgan fingerprint density at radius 3 is 2.75 bits per heavy atom. The Bertz CT molecular complexity index is 206. The molecule has 2 unspecified atom stereocenters. The summed E-state index contributed by atoms with van der Waals surface area (Å²) in [6.45, 7) is 5.52. The van der Waals surface area contributed by atoms with E-state index in [2.05, 4.69) is 19.2 Å². The molecule has 0 fully saturated rings. The summed E-state index contributed by atoms with van der Waals surface area (Å²) in [6, 6.07) is 2.04. The van der Waals surface area contributed by atoms with E-state index in [1.54, 1.807) is 6.26 Å². The van der Waals surface area contributed by atoms with Crippen molar-refractivity contribution in [3.63, 3.8) is 0 Å². The Morgan fingerprint density at radius 2 is 2.25 bits per heavy atom. The maximum absolute atomic E-state index is 5.04. The van der Waals surface area contributed by atoms with Crippen LogP contribution in [0.2, 0.25) is 0 Å². The molecular weight excluding hydrogens is 150 g/mol. The first-order chi connectivity index (χ1) is 5.75. The topological polar surface area (TPSA) is 25.2 Å². The van der Waals surface area contributed by atoms with Crippen LogP contribution in [0.15, 0.2) is 23.0 Å². The van der Waals surface area contributed by atoms with E-state index in [9.17, 15) is 0 Å². The third-order valence-electron chi connectivity index (χ3n) is 2.45. The van der Waals surface area contributed by atoms with E-state index < -0.39 is 0 Å². The molecule has 2 nitrogen and oxygen atoms in total. The monoisotopic (exact) mass is 167 g/mol. The maximum atomic E-state index is 5.04. The Labute approximate surface area is 74.0 Å². The lowest BCUT2D eigenvalue weighted by molar-refractivity contribution is 0.460. The van der Waals surface area contributed by atoms with Crippen LogP contribution in [-0.4, -0.2) is 13.6 Å². The lowest BCUT2D eigenvalue weighted by Gasteiger charge is -2.17. The van der Waals surface area contributed by atoms with Gasteiger partial charge >= 0.3 is 0 Å². The van der Waals surface area contributed by atoms with E-state index in [1.165, 1.54) is 5.56 Å². The van der Waals surface area contributed by atoms with E-state index in [4.69, 9.17) is 4.42 Å². The van der Waals surface area contributed by atoms with E-state index in [0.29, 0.717) is 11.8 Å². The van der Waals surface area contributed by atoms with Crippen molar-refractivity contribution in [2.75, 3.05) is 13.6 Å². The molecule has 2 heteroatoms. The van der Waals surface area contributed by atoms with Gasteiger partial charge in [-0.2, -0.15) is 0 Å². The molecule has 1 N–H and O–H groups in total. The van der Waals surface area contributed by atoms with Gasteiger partial charge in [0, 0.05) is 0 Å². The normalized spacial score (nSPS) is 15.9. The summed E-state index contributed by atoms with van der Waals surface area (Å²) < 4.78 is 5.04. The smallest absolute Gasteiger partial charge is 0.0937 e. The summed E-state index contributed by atoms with van der Waals surface area (Å²) in [4.78, 5) is 0. The third-order valence-corrected chi connectivity index (χ3v) is 2.45. The summed E-state index contributed by atoms with van der Waals surface area (Å²) in [6.07, 6.45) is 3.56. The second-order valence-corrected chi connectivity index (χ2v) is 3.38. The summed E-state index contributed by atoms with van der Waals surface area (Å²) in [5, 5.41) is 3.18. The molecule has 12 heavy (non-hydrogen) atoms. The highest BCUT2D eigenvalue weighted by molar-refractivity contribution is 5.12. The van der Waals surface area contributed by atoms with Crippen molar-refractivity contribution < 1.29 is 4.42 Å². The van der Waals surface area contributed by atoms with Crippen LogP contribution in [0, 0.1) is 5.92 Å². The van der Waals surface area contributed by atoms with Gasteiger partial charge in [-0.05, 0) is 37.1 Å². The molecule has 0 bridgehead atoms. The Balaban J connectivity index is 2.53. The number of hydrogen-bond donors (Lipinski definition) is 1. The van der Waals surface area contributed by atoms with Crippen molar-refractivity contribution in [3.8, 4) is 0 Å². The molecule has 0 aliphatic heterocycles. The quantitative estimate of drug-likeness (QED) is 0.744. The Kier molecular flexibility index (Phi) is 3.35. The van der Waals surface area contributed by atoms with Crippen LogP contribution < -0.4 is 5.32 Å². The zero-order valence-electron chi connectivity index (χ0n) is 8.00. The third kappa shape index (κ3) is 2.11. The van der Waals surface area contributed by atoms with Gasteiger partial charge in [-0.3, -0.25) is 0 Å². The van der Waals surface area contributed by atoms with Gasteiger partial charge in [0.25, 0.3) is 0 Å². The van der Waals surface area contributed by atoms with Crippen LogP contribution in [0.25, 0.3) is 0 Å². The standard InChI is InChI=1S/C10H17NO/c1-8(6-11-3)9(2)10-4-5-12-7-10/h4-5,7-9,11H,6H2,1-3H3. The van der Waals surface area contributed by atoms with Crippen LogP contribution in [0.1, 0.15) is 25.3 Å². The van der Waals surface area contributed by atoms with E-state index in [1.807, 2.05) is 19.4 Å². The van der Waals surface area contributed by atoms with Crippen molar-refractivity contribution in [2.24, 2.45) is 5.92 Å². The van der Waals surface area contributed by atoms with Gasteiger partial charge in [0.15, 0.2) is 0 Å². The van der Waals surface area contributed by atoms with Gasteiger partial charge in [0.05, 0.1) is 12.5 Å². The average molecular weight is 167 g/mol. The minimum atomic E-state index is 0.566. The molecule has 1 rings (SSSR count). The minimum Gasteiger partial charge on any atom is -0.472 e. The predicted octanol–water partition coefficient (Wildman–Crippen LogP) is 2.24. The molecule has 1 aromatic heterocycles. The Hall–Kier alpha value is -0.760. The van der Waals surface area contributed by atoms with Crippen molar-refractivity contribution in [1.82, 2.24) is 5.32 Å². The second kappa shape index (κ2) is 4.31. The predicted molar refractivity (Wildman–Crippen MR) is 50.2 cm³/mol. The molecule has 0 aliphatic rings. The van der Waals surface area contributed by atoms with E-state index in [0.717, 1.165) is 6.54 Å². The van der Waals surface area contributed by atoms with Crippen LogP contribution in [0.3, 0.4) is 0 Å². The average Bonchev–Trinajstić information content (AvgIpc) is 2.55. The molecule has 0 aliphatic carbocycles. The maximum Gasteiger partial charge on any atom is 0.0937 e. The van der Waals surface area contributed by atoms with Gasteiger partial charge < -0.3 is 9.73 Å². The summed E-state index contributed by atoms with van der Waals surface area (Å²) >= 11 is 0. The second-order valence-electron chi connectivity index (χ2n) is 3.38. The highest BCUT2D eigenvalue weighted by Crippen LogP contribution is 2.23. The first-order valence-corrected chi connectivity index (χ1v) is 4.42. The lowest BCUT2D eigenvalue weighted by atomic mass is 9.91. The first-order valence-electron chi connectivity index (χ1n) is 4.42. The van der Waals surface area contributed by atoms with Crippen LogP contribution in [-0.2, 0) is 0 Å². The number of nitrogens with one attached hydrogen (secondary N) is 1. The van der Waals surface area contributed by atoms with Crippen LogP contribution >= 0.6 is 0 Å². The molecule has 2 atom stereocenters. The molecule has 0 amide bonds. The summed E-state index contributed by atoms with van der Waals surface area (Å²) in [5.41, 5.74) is 1.29. The zero-order valence-corrected chi connectivity index (χ0v) is 8.00. The number of hydrogen-bond acceptors (Lipinski definition) is 2. The highest BCUT2D eigenvalue weighted by atomic mass is 16.3. The van der Waals surface area contributed by atoms with Crippen LogP contribution in [0.4, 0.5) is 0 Å². The number of furan rings is 1. The largest absolute Gasteiger partial charge is 0.472 e. The van der Waals surface area contributed by atoms with Gasteiger partial charge in [0.2, 0.25) is 0 Å². The van der Waals surface area contributed by atoms with Gasteiger partial charge in [-0.1, -0.05) is 13.8 Å². The molecule has 68 valence electrons. The van der Waals surface area contributed by atoms with Crippen molar-refractivity contribution >= 4 is 0 Å². The fraction of sp³-hybridized carbons (Fsp3) is 0.600. The first kappa shape index (κ1) is 9.33. The van der Waals surface area contributed by atoms with Gasteiger partial charge in [-0.15, -0.1) is 0 Å². The van der Waals surface area contributed by atoms with Crippen molar-refractivity contribution in [3.05, 3.63) is 24.2 Å². The van der Waals surface area contributed by atoms with E-state index >= 15 is 0 Å². The molecule has 0 saturated heterocycles. The molecule has 0 aromatic carbocycles. The fourth-order valence-corrected chi connectivity index (χ4v) is 1.36. The minimum absolute atomic E-state index is 0.566. The molecule has 1 aromatic rings. The Morgan fingerprint density at radius 1 is 1.50 bits per heavy atom. The molecule has 1 heterocycles. The summed E-state index contributed by atoms with van der Waals surface area (Å²) in [7, 11) is 1.98. The SMILES string of the molecule is CNCC(C)C(C)c1ccoc1. The molecular formula is C10H17NO. The van der Waals surface area contributed by atoms with Crippen molar-refractivity contribution in [1.29, 1.82) is 0 Å². The van der Waals surface area contributed by atoms with Crippen molar-refractivity contribution in [2.45, 2.75) is 19.8 Å². The van der Waals surface area contributed by atoms with E-state index in [-0.39, 0.29) is 0 Å². The molecule has 0 spiro atoms. The molecule has 0 saturated carbocycles. The van der Waals surface area contributed by atoms with Crippen LogP contribution in [0.5, 0.6) is 0 Å². The summed E-state index contributed by atoms with van der Waals surface area (Å²) in [5.74, 6) is 1.21. The number of rotatable bonds is 4. The van der Waals surface area contributed by atoms with Gasteiger partial charge in [-0.25, -0.2) is 0 Å². The highest BCUT2D eigenvalue weighted by Gasteiger charge is 2.13. The lowest BCUT2D eigenvalue weighted by Crippen LogP contribution is -2.20. The van der Waals surface area contributed by atoms with Gasteiger partial charge in [0.1, 0.15) is 0 Å². The molecule has 0 radical (unpaired) electrons.